The molecule has 4 saturated carbocycles. The van der Waals surface area contributed by atoms with Crippen molar-refractivity contribution in [1.29, 1.82) is 0 Å². The molecule has 0 aromatic heterocycles. The van der Waals surface area contributed by atoms with E-state index in [2.05, 4.69) is 68.4 Å². The summed E-state index contributed by atoms with van der Waals surface area (Å²) in [6.07, 6.45) is 11.0. The second kappa shape index (κ2) is 9.52. The second-order valence-electron chi connectivity index (χ2n) is 11.9. The first-order valence-corrected chi connectivity index (χ1v) is 13.7. The average Bonchev–Trinajstić information content (AvgIpc) is 2.86. The molecule has 0 spiro atoms. The summed E-state index contributed by atoms with van der Waals surface area (Å²) in [5.41, 5.74) is 8.56. The van der Waals surface area contributed by atoms with Crippen LogP contribution in [-0.2, 0) is 16.8 Å². The van der Waals surface area contributed by atoms with Crippen molar-refractivity contribution in [1.82, 2.24) is 0 Å². The van der Waals surface area contributed by atoms with E-state index >= 15 is 0 Å². The minimum atomic E-state index is -0.925. The Labute approximate surface area is 220 Å². The minimum absolute atomic E-state index is 0.225. The Kier molecular flexibility index (Phi) is 6.18. The largest absolute Gasteiger partial charge is 0.489 e. The van der Waals surface area contributed by atoms with E-state index < -0.39 is 5.97 Å². The molecular formula is C34H36O3. The molecule has 3 aromatic carbocycles. The molecule has 0 amide bonds. The van der Waals surface area contributed by atoms with Gasteiger partial charge in [0.05, 0.1) is 0 Å². The fourth-order valence-electron chi connectivity index (χ4n) is 8.12. The van der Waals surface area contributed by atoms with Crippen molar-refractivity contribution in [2.75, 3.05) is 0 Å². The highest BCUT2D eigenvalue weighted by molar-refractivity contribution is 5.86. The Bertz CT molecular complexity index is 1290. The van der Waals surface area contributed by atoms with Crippen LogP contribution in [0.1, 0.15) is 66.3 Å². The van der Waals surface area contributed by atoms with E-state index in [-0.39, 0.29) is 5.41 Å². The van der Waals surface area contributed by atoms with E-state index in [9.17, 15) is 4.79 Å². The summed E-state index contributed by atoms with van der Waals surface area (Å²) in [5, 5.41) is 9.04. The van der Waals surface area contributed by atoms with Crippen LogP contribution in [0.15, 0.2) is 66.7 Å². The molecule has 0 unspecified atom stereocenters. The number of carboxylic acids is 1. The zero-order valence-electron chi connectivity index (χ0n) is 21.9. The first-order chi connectivity index (χ1) is 17.9. The van der Waals surface area contributed by atoms with E-state index in [1.807, 2.05) is 6.07 Å². The number of carboxylic acid groups (broad SMARTS) is 1. The summed E-state index contributed by atoms with van der Waals surface area (Å²) in [5.74, 6) is 2.71. The number of aryl methyl sites for hydroxylation is 2. The standard InChI is InChI=1S/C34H36O3/c1-22-12-25(8-11-32(35)36)13-23(2)33(22)29-9-10-31(37-21-24-6-4-3-5-7-24)30(17-29)34-18-26-14-27(19-34)16-28(15-26)20-34/h3-13,17,26-28H,14-16,18-21H2,1-2H3,(H,35,36)/b11-8+. The fraction of sp³-hybridized carbons (Fsp3) is 0.382. The summed E-state index contributed by atoms with van der Waals surface area (Å²) >= 11 is 0. The highest BCUT2D eigenvalue weighted by Gasteiger charge is 2.52. The molecule has 0 heterocycles. The number of rotatable bonds is 7. The molecule has 4 aliphatic carbocycles. The molecule has 190 valence electrons. The summed E-state index contributed by atoms with van der Waals surface area (Å²) in [6.45, 7) is 4.84. The van der Waals surface area contributed by atoms with E-state index in [1.165, 1.54) is 78.0 Å². The molecule has 4 aliphatic rings. The molecule has 4 bridgehead atoms. The predicted molar refractivity (Wildman–Crippen MR) is 149 cm³/mol. The van der Waals surface area contributed by atoms with Crippen LogP contribution in [0.3, 0.4) is 0 Å². The predicted octanol–water partition coefficient (Wildman–Crippen LogP) is 8.12. The monoisotopic (exact) mass is 492 g/mol. The van der Waals surface area contributed by atoms with Gasteiger partial charge in [-0.15, -0.1) is 0 Å². The lowest BCUT2D eigenvalue weighted by atomic mass is 9.48. The number of hydrogen-bond donors (Lipinski definition) is 1. The third kappa shape index (κ3) is 4.72. The van der Waals surface area contributed by atoms with Crippen LogP contribution in [-0.4, -0.2) is 11.1 Å². The van der Waals surface area contributed by atoms with Gasteiger partial charge in [-0.05, 0) is 127 Å². The average molecular weight is 493 g/mol. The lowest BCUT2D eigenvalue weighted by molar-refractivity contribution is -0.131. The van der Waals surface area contributed by atoms with Crippen LogP contribution in [0.5, 0.6) is 5.75 Å². The van der Waals surface area contributed by atoms with Crippen molar-refractivity contribution in [2.45, 2.75) is 64.4 Å². The van der Waals surface area contributed by atoms with Gasteiger partial charge in [0, 0.05) is 11.6 Å². The Morgan fingerprint density at radius 3 is 2.14 bits per heavy atom. The quantitative estimate of drug-likeness (QED) is 0.339. The number of ether oxygens (including phenoxy) is 1. The van der Waals surface area contributed by atoms with Crippen molar-refractivity contribution in [3.8, 4) is 16.9 Å². The zero-order valence-corrected chi connectivity index (χ0v) is 21.9. The van der Waals surface area contributed by atoms with E-state index in [4.69, 9.17) is 9.84 Å². The summed E-state index contributed by atoms with van der Waals surface area (Å²) in [7, 11) is 0. The molecule has 3 heteroatoms. The number of hydrogen-bond acceptors (Lipinski definition) is 2. The summed E-state index contributed by atoms with van der Waals surface area (Å²) in [4.78, 5) is 11.0. The third-order valence-electron chi connectivity index (χ3n) is 9.09. The molecular weight excluding hydrogens is 456 g/mol. The summed E-state index contributed by atoms with van der Waals surface area (Å²) in [6, 6.07) is 21.5. The Balaban J connectivity index is 1.41. The highest BCUT2D eigenvalue weighted by Crippen LogP contribution is 2.62. The Morgan fingerprint density at radius 1 is 0.919 bits per heavy atom. The van der Waals surface area contributed by atoms with Gasteiger partial charge in [-0.3, -0.25) is 0 Å². The number of benzene rings is 3. The van der Waals surface area contributed by atoms with Crippen LogP contribution < -0.4 is 4.74 Å². The van der Waals surface area contributed by atoms with Crippen LogP contribution in [0.25, 0.3) is 17.2 Å². The molecule has 0 aliphatic heterocycles. The van der Waals surface area contributed by atoms with Crippen LogP contribution in [0, 0.1) is 31.6 Å². The molecule has 7 rings (SSSR count). The van der Waals surface area contributed by atoms with Crippen molar-refractivity contribution < 1.29 is 14.6 Å². The van der Waals surface area contributed by atoms with Gasteiger partial charge < -0.3 is 9.84 Å². The smallest absolute Gasteiger partial charge is 0.328 e. The maximum atomic E-state index is 11.0. The SMILES string of the molecule is Cc1cc(/C=C/C(=O)O)cc(C)c1-c1ccc(OCc2ccccc2)c(C23CC4CC(CC(C4)C2)C3)c1. The first kappa shape index (κ1) is 24.0. The van der Waals surface area contributed by atoms with Crippen molar-refractivity contribution in [2.24, 2.45) is 17.8 Å². The maximum Gasteiger partial charge on any atom is 0.328 e. The summed E-state index contributed by atoms with van der Waals surface area (Å²) < 4.78 is 6.57. The van der Waals surface area contributed by atoms with Crippen molar-refractivity contribution >= 4 is 12.0 Å². The molecule has 37 heavy (non-hydrogen) atoms. The Hall–Kier alpha value is -3.33. The van der Waals surface area contributed by atoms with Gasteiger partial charge in [-0.25, -0.2) is 4.79 Å². The topological polar surface area (TPSA) is 46.5 Å². The molecule has 0 saturated heterocycles. The zero-order chi connectivity index (χ0) is 25.6. The normalized spacial score (nSPS) is 26.1. The van der Waals surface area contributed by atoms with Crippen LogP contribution in [0.4, 0.5) is 0 Å². The molecule has 0 atom stereocenters. The van der Waals surface area contributed by atoms with Gasteiger partial charge in [0.15, 0.2) is 0 Å². The lowest BCUT2D eigenvalue weighted by Crippen LogP contribution is -2.48. The number of carbonyl (C=O) groups is 1. The van der Waals surface area contributed by atoms with Gasteiger partial charge in [0.1, 0.15) is 12.4 Å². The highest BCUT2D eigenvalue weighted by atomic mass is 16.5. The lowest BCUT2D eigenvalue weighted by Gasteiger charge is -2.57. The van der Waals surface area contributed by atoms with Gasteiger partial charge in [-0.1, -0.05) is 48.5 Å². The maximum absolute atomic E-state index is 11.0. The molecule has 0 radical (unpaired) electrons. The van der Waals surface area contributed by atoms with Crippen LogP contribution in [0.2, 0.25) is 0 Å². The van der Waals surface area contributed by atoms with E-state index in [0.29, 0.717) is 6.61 Å². The van der Waals surface area contributed by atoms with E-state index in [0.717, 1.165) is 29.1 Å². The Morgan fingerprint density at radius 2 is 1.54 bits per heavy atom. The molecule has 4 fully saturated rings. The number of aliphatic carboxylic acids is 1. The first-order valence-electron chi connectivity index (χ1n) is 13.7. The second-order valence-corrected chi connectivity index (χ2v) is 11.9. The van der Waals surface area contributed by atoms with E-state index in [1.54, 1.807) is 6.08 Å². The van der Waals surface area contributed by atoms with Gasteiger partial charge in [0.25, 0.3) is 0 Å². The molecule has 3 aromatic rings. The minimum Gasteiger partial charge on any atom is -0.489 e. The van der Waals surface area contributed by atoms with Crippen LogP contribution >= 0.6 is 0 Å². The van der Waals surface area contributed by atoms with Gasteiger partial charge >= 0.3 is 5.97 Å². The molecule has 3 nitrogen and oxygen atoms in total. The van der Waals surface area contributed by atoms with Crippen molar-refractivity contribution in [3.63, 3.8) is 0 Å². The van der Waals surface area contributed by atoms with Crippen molar-refractivity contribution in [3.05, 3.63) is 94.6 Å². The fourth-order valence-corrected chi connectivity index (χ4v) is 8.12. The van der Waals surface area contributed by atoms with Gasteiger partial charge in [0.2, 0.25) is 0 Å². The third-order valence-corrected chi connectivity index (χ3v) is 9.09. The van der Waals surface area contributed by atoms with Gasteiger partial charge in [-0.2, -0.15) is 0 Å². The molecule has 1 N–H and O–H groups in total.